The number of benzene rings is 1. The van der Waals surface area contributed by atoms with E-state index >= 15 is 0 Å². The summed E-state index contributed by atoms with van der Waals surface area (Å²) in [5.41, 5.74) is 1.01. The molecule has 1 aliphatic rings. The molecule has 1 aromatic heterocycles. The molecule has 0 spiro atoms. The van der Waals surface area contributed by atoms with Crippen LogP contribution in [-0.4, -0.2) is 30.8 Å². The number of amides is 1. The summed E-state index contributed by atoms with van der Waals surface area (Å²) in [7, 11) is 3.27. The van der Waals surface area contributed by atoms with Gasteiger partial charge in [0.05, 0.1) is 26.5 Å². The van der Waals surface area contributed by atoms with Crippen molar-refractivity contribution in [1.82, 2.24) is 4.90 Å². The summed E-state index contributed by atoms with van der Waals surface area (Å²) in [6.45, 7) is 0.642. The fraction of sp³-hybridized carbons (Fsp3) is 0.312. The summed E-state index contributed by atoms with van der Waals surface area (Å²) < 4.78 is 10.7. The van der Waals surface area contributed by atoms with Crippen molar-refractivity contribution in [2.75, 3.05) is 20.0 Å². The molecule has 0 bridgehead atoms. The number of ether oxygens (including phenoxy) is 2. The minimum absolute atomic E-state index is 0.0181. The number of hydrogen-bond acceptors (Lipinski definition) is 5. The minimum Gasteiger partial charge on any atom is -0.497 e. The van der Waals surface area contributed by atoms with Crippen molar-refractivity contribution in [2.45, 2.75) is 11.9 Å². The summed E-state index contributed by atoms with van der Waals surface area (Å²) >= 11 is 3.31. The maximum atomic E-state index is 12.3. The highest BCUT2D eigenvalue weighted by atomic mass is 32.2. The molecule has 1 unspecified atom stereocenters. The number of carbonyl (C=O) groups excluding carboxylic acids is 1. The highest BCUT2D eigenvalue weighted by Crippen LogP contribution is 2.44. The molecule has 3 rings (SSSR count). The van der Waals surface area contributed by atoms with Crippen molar-refractivity contribution in [3.8, 4) is 11.5 Å². The van der Waals surface area contributed by atoms with Gasteiger partial charge in [-0.25, -0.2) is 0 Å². The fourth-order valence-electron chi connectivity index (χ4n) is 2.48. The lowest BCUT2D eigenvalue weighted by Crippen LogP contribution is -2.27. The molecule has 116 valence electrons. The van der Waals surface area contributed by atoms with Crippen molar-refractivity contribution in [2.24, 2.45) is 0 Å². The van der Waals surface area contributed by atoms with E-state index in [0.717, 1.165) is 17.1 Å². The minimum atomic E-state index is -0.0181. The zero-order chi connectivity index (χ0) is 15.5. The Balaban J connectivity index is 1.90. The summed E-state index contributed by atoms with van der Waals surface area (Å²) in [5, 5.41) is 2.02. The van der Waals surface area contributed by atoms with Crippen molar-refractivity contribution < 1.29 is 14.3 Å². The van der Waals surface area contributed by atoms with Gasteiger partial charge in [-0.15, -0.1) is 23.1 Å². The molecule has 0 radical (unpaired) electrons. The molecule has 1 aromatic carbocycles. The quantitative estimate of drug-likeness (QED) is 0.838. The van der Waals surface area contributed by atoms with Crippen LogP contribution in [0.3, 0.4) is 0 Å². The molecule has 1 saturated heterocycles. The lowest BCUT2D eigenvalue weighted by Gasteiger charge is -2.25. The van der Waals surface area contributed by atoms with Crippen LogP contribution in [0.25, 0.3) is 0 Å². The van der Waals surface area contributed by atoms with Crippen LogP contribution in [0.1, 0.15) is 15.8 Å². The van der Waals surface area contributed by atoms with Crippen LogP contribution < -0.4 is 9.47 Å². The maximum Gasteiger partial charge on any atom is 0.234 e. The largest absolute Gasteiger partial charge is 0.497 e. The lowest BCUT2D eigenvalue weighted by molar-refractivity contribution is -0.128. The molecule has 6 heteroatoms. The molecule has 22 heavy (non-hydrogen) atoms. The first-order valence-electron chi connectivity index (χ1n) is 6.88. The monoisotopic (exact) mass is 335 g/mol. The predicted octanol–water partition coefficient (Wildman–Crippen LogP) is 3.54. The molecule has 4 nitrogen and oxygen atoms in total. The van der Waals surface area contributed by atoms with E-state index in [4.69, 9.17) is 9.47 Å². The normalized spacial score (nSPS) is 17.8. The second-order valence-electron chi connectivity index (χ2n) is 4.87. The predicted molar refractivity (Wildman–Crippen MR) is 89.6 cm³/mol. The van der Waals surface area contributed by atoms with Crippen LogP contribution in [0, 0.1) is 0 Å². The van der Waals surface area contributed by atoms with Crippen molar-refractivity contribution >= 4 is 29.0 Å². The summed E-state index contributed by atoms with van der Waals surface area (Å²) in [6.07, 6.45) is 0. The number of nitrogens with zero attached hydrogens (tertiary/aromatic N) is 1. The Morgan fingerprint density at radius 2 is 2.14 bits per heavy atom. The van der Waals surface area contributed by atoms with E-state index < -0.39 is 0 Å². The van der Waals surface area contributed by atoms with Gasteiger partial charge in [-0.05, 0) is 23.6 Å². The van der Waals surface area contributed by atoms with E-state index in [1.165, 1.54) is 4.88 Å². The van der Waals surface area contributed by atoms with Crippen molar-refractivity contribution in [3.63, 3.8) is 0 Å². The van der Waals surface area contributed by atoms with Crippen LogP contribution in [0.4, 0.5) is 0 Å². The Labute approximate surface area is 138 Å². The Kier molecular flexibility index (Phi) is 4.59. The molecule has 1 aliphatic heterocycles. The molecule has 0 aliphatic carbocycles. The summed E-state index contributed by atoms with van der Waals surface area (Å²) in [5.74, 6) is 2.18. The van der Waals surface area contributed by atoms with Gasteiger partial charge in [-0.2, -0.15) is 0 Å². The van der Waals surface area contributed by atoms with Gasteiger partial charge in [-0.1, -0.05) is 6.07 Å². The highest BCUT2D eigenvalue weighted by Gasteiger charge is 2.34. The lowest BCUT2D eigenvalue weighted by atomic mass is 10.1. The Bertz CT molecular complexity index is 657. The molecule has 2 aromatic rings. The van der Waals surface area contributed by atoms with Crippen LogP contribution in [0.5, 0.6) is 11.5 Å². The molecule has 0 saturated carbocycles. The number of carbonyl (C=O) groups is 1. The first-order valence-corrected chi connectivity index (χ1v) is 8.81. The van der Waals surface area contributed by atoms with Crippen LogP contribution in [0.2, 0.25) is 0 Å². The molecular formula is C16H17NO3S2. The first-order chi connectivity index (χ1) is 10.7. The number of methoxy groups -OCH3 is 2. The van der Waals surface area contributed by atoms with Gasteiger partial charge in [0.25, 0.3) is 0 Å². The average Bonchev–Trinajstić information content (AvgIpc) is 3.18. The van der Waals surface area contributed by atoms with Crippen LogP contribution in [0.15, 0.2) is 35.7 Å². The molecule has 1 atom stereocenters. The molecule has 1 fully saturated rings. The fourth-order valence-corrected chi connectivity index (χ4v) is 4.39. The van der Waals surface area contributed by atoms with Crippen molar-refractivity contribution in [3.05, 3.63) is 46.2 Å². The van der Waals surface area contributed by atoms with Crippen molar-refractivity contribution in [1.29, 1.82) is 0 Å². The van der Waals surface area contributed by atoms with E-state index in [1.54, 1.807) is 37.3 Å². The molecular weight excluding hydrogens is 318 g/mol. The van der Waals surface area contributed by atoms with E-state index in [2.05, 4.69) is 6.07 Å². The molecule has 0 N–H and O–H groups in total. The van der Waals surface area contributed by atoms with Crippen LogP contribution in [-0.2, 0) is 11.3 Å². The van der Waals surface area contributed by atoms with Gasteiger partial charge >= 0.3 is 0 Å². The Morgan fingerprint density at radius 1 is 1.27 bits per heavy atom. The van der Waals surface area contributed by atoms with E-state index in [1.807, 2.05) is 34.5 Å². The van der Waals surface area contributed by atoms with Gasteiger partial charge in [0.1, 0.15) is 16.9 Å². The van der Waals surface area contributed by atoms with Gasteiger partial charge in [0.15, 0.2) is 0 Å². The average molecular weight is 335 g/mol. The van der Waals surface area contributed by atoms with E-state index in [0.29, 0.717) is 12.3 Å². The van der Waals surface area contributed by atoms with E-state index in [-0.39, 0.29) is 11.3 Å². The number of hydrogen-bond donors (Lipinski definition) is 0. The third-order valence-electron chi connectivity index (χ3n) is 3.58. The topological polar surface area (TPSA) is 38.8 Å². The third kappa shape index (κ3) is 2.94. The van der Waals surface area contributed by atoms with E-state index in [9.17, 15) is 4.79 Å². The smallest absolute Gasteiger partial charge is 0.234 e. The number of thioether (sulfide) groups is 1. The Hall–Kier alpha value is -1.66. The number of rotatable bonds is 5. The Morgan fingerprint density at radius 3 is 2.82 bits per heavy atom. The first kappa shape index (κ1) is 15.2. The van der Waals surface area contributed by atoms with Crippen LogP contribution >= 0.6 is 23.1 Å². The number of thiophene rings is 1. The second-order valence-corrected chi connectivity index (χ2v) is 6.97. The molecule has 1 amide bonds. The summed E-state index contributed by atoms with van der Waals surface area (Å²) in [6, 6.07) is 9.82. The van der Waals surface area contributed by atoms with Gasteiger partial charge < -0.3 is 14.4 Å². The zero-order valence-electron chi connectivity index (χ0n) is 12.4. The third-order valence-corrected chi connectivity index (χ3v) is 5.68. The highest BCUT2D eigenvalue weighted by molar-refractivity contribution is 8.00. The standard InChI is InChI=1S/C16H17NO3S2/c1-19-11-5-6-13(14(8-11)20-2)16-17(15(18)10-22-16)9-12-4-3-7-21-12/h3-8,16H,9-10H2,1-2H3. The zero-order valence-corrected chi connectivity index (χ0v) is 14.1. The van der Waals surface area contributed by atoms with Gasteiger partial charge in [0.2, 0.25) is 5.91 Å². The molecule has 2 heterocycles. The van der Waals surface area contributed by atoms with Gasteiger partial charge in [-0.3, -0.25) is 4.79 Å². The SMILES string of the molecule is COc1ccc(C2SCC(=O)N2Cc2cccs2)c(OC)c1. The second kappa shape index (κ2) is 6.62. The van der Waals surface area contributed by atoms with Gasteiger partial charge in [0, 0.05) is 16.5 Å². The summed E-state index contributed by atoms with van der Waals surface area (Å²) in [4.78, 5) is 15.4. The maximum absolute atomic E-state index is 12.3.